The Morgan fingerprint density at radius 2 is 1.57 bits per heavy atom. The summed E-state index contributed by atoms with van der Waals surface area (Å²) < 4.78 is 11.9. The van der Waals surface area contributed by atoms with Crippen molar-refractivity contribution in [1.29, 1.82) is 0 Å². The van der Waals surface area contributed by atoms with E-state index in [1.54, 1.807) is 30.7 Å². The van der Waals surface area contributed by atoms with Crippen LogP contribution in [-0.4, -0.2) is 135 Å². The summed E-state index contributed by atoms with van der Waals surface area (Å²) in [6, 6.07) is 5.33. The van der Waals surface area contributed by atoms with E-state index in [4.69, 9.17) is 20.9 Å². The summed E-state index contributed by atoms with van der Waals surface area (Å²) >= 11 is 0. The number of hydrogen-bond acceptors (Lipinski definition) is 9. The number of hydrogen-bond donors (Lipinski definition) is 4. The Bertz CT molecular complexity index is 1340. The van der Waals surface area contributed by atoms with Crippen LogP contribution in [0, 0.1) is 17.8 Å². The van der Waals surface area contributed by atoms with Crippen LogP contribution in [0.5, 0.6) is 0 Å². The zero-order chi connectivity index (χ0) is 40.2. The molecule has 1 fully saturated rings. The molecule has 1 heterocycles. The van der Waals surface area contributed by atoms with Gasteiger partial charge in [-0.2, -0.15) is 0 Å². The van der Waals surface area contributed by atoms with Crippen LogP contribution >= 0.6 is 0 Å². The molecule has 0 saturated carbocycles. The standard InChI is InChI=1S/C39H67N7O7/c1-12-24(4)34(45(9)39(51)32(26(6)40)43-38(50)33(23(2)3)44(7)8)30(52-10)22-31(47)46-20-16-19-29(46)35(53-11)25(5)37(49)42-28(36(41)48)21-27-17-14-13-15-18-27/h13-15,17-18,23-26,28-30,32-35H,12,16,19-22,40H2,1-11H3,(H2,41,48)(H,42,49)(H,43,50)/t24-,25+,26-,28?,29?,30+,32-,33?,34-,35+/m0/s1. The first-order valence-corrected chi connectivity index (χ1v) is 18.9. The molecule has 10 atom stereocenters. The first-order valence-electron chi connectivity index (χ1n) is 18.9. The summed E-state index contributed by atoms with van der Waals surface area (Å²) in [5, 5.41) is 5.70. The fourth-order valence-corrected chi connectivity index (χ4v) is 7.69. The summed E-state index contributed by atoms with van der Waals surface area (Å²) in [6.07, 6.45) is 0.918. The molecule has 1 aliphatic rings. The molecule has 1 aromatic rings. The number of carbonyl (C=O) groups is 5. The van der Waals surface area contributed by atoms with Gasteiger partial charge in [0.2, 0.25) is 29.5 Å². The topological polar surface area (TPSA) is 190 Å². The lowest BCUT2D eigenvalue weighted by atomic mass is 9.89. The van der Waals surface area contributed by atoms with Crippen LogP contribution in [0.1, 0.15) is 72.8 Å². The van der Waals surface area contributed by atoms with Crippen LogP contribution in [0.2, 0.25) is 0 Å². The van der Waals surface area contributed by atoms with Gasteiger partial charge < -0.3 is 41.4 Å². The molecule has 0 radical (unpaired) electrons. The van der Waals surface area contributed by atoms with Crippen LogP contribution in [0.25, 0.3) is 0 Å². The Hall–Kier alpha value is -3.59. The smallest absolute Gasteiger partial charge is 0.246 e. The van der Waals surface area contributed by atoms with Crippen molar-refractivity contribution in [1.82, 2.24) is 25.3 Å². The first kappa shape index (κ1) is 45.6. The molecular weight excluding hydrogens is 678 g/mol. The van der Waals surface area contributed by atoms with E-state index < -0.39 is 66.2 Å². The van der Waals surface area contributed by atoms with Crippen LogP contribution in [0.4, 0.5) is 0 Å². The Balaban J connectivity index is 2.27. The fourth-order valence-electron chi connectivity index (χ4n) is 7.69. The molecular formula is C39H67N7O7. The molecule has 1 saturated heterocycles. The molecule has 0 spiro atoms. The van der Waals surface area contributed by atoms with Crippen molar-refractivity contribution in [3.8, 4) is 0 Å². The monoisotopic (exact) mass is 746 g/mol. The molecule has 3 unspecified atom stereocenters. The predicted octanol–water partition coefficient (Wildman–Crippen LogP) is 1.54. The molecule has 0 bridgehead atoms. The summed E-state index contributed by atoms with van der Waals surface area (Å²) in [4.78, 5) is 72.6. The first-order chi connectivity index (χ1) is 24.9. The van der Waals surface area contributed by atoms with Gasteiger partial charge in [-0.15, -0.1) is 0 Å². The van der Waals surface area contributed by atoms with Crippen LogP contribution in [-0.2, 0) is 39.9 Å². The maximum absolute atomic E-state index is 14.1. The molecule has 14 heteroatoms. The Kier molecular flexibility index (Phi) is 18.3. The third-order valence-corrected chi connectivity index (χ3v) is 10.7. The van der Waals surface area contributed by atoms with Gasteiger partial charge in [0.1, 0.15) is 12.1 Å². The Labute approximate surface area is 317 Å². The maximum atomic E-state index is 14.1. The number of nitrogens with two attached hydrogens (primary N) is 2. The molecule has 6 N–H and O–H groups in total. The molecule has 1 aliphatic heterocycles. The zero-order valence-electron chi connectivity index (χ0n) is 33.8. The summed E-state index contributed by atoms with van der Waals surface area (Å²) in [5.41, 5.74) is 12.8. The lowest BCUT2D eigenvalue weighted by Gasteiger charge is -2.41. The van der Waals surface area contributed by atoms with E-state index in [0.717, 1.165) is 5.56 Å². The highest BCUT2D eigenvalue weighted by Crippen LogP contribution is 2.29. The second kappa shape index (κ2) is 21.3. The highest BCUT2D eigenvalue weighted by molar-refractivity contribution is 5.91. The van der Waals surface area contributed by atoms with E-state index in [0.29, 0.717) is 25.8 Å². The summed E-state index contributed by atoms with van der Waals surface area (Å²) in [5.74, 6) is -2.67. The lowest BCUT2D eigenvalue weighted by molar-refractivity contribution is -0.147. The second-order valence-corrected chi connectivity index (χ2v) is 15.2. The molecule has 1 aromatic carbocycles. The van der Waals surface area contributed by atoms with E-state index in [2.05, 4.69) is 10.6 Å². The largest absolute Gasteiger partial charge is 0.379 e. The number of methoxy groups -OCH3 is 2. The summed E-state index contributed by atoms with van der Waals surface area (Å²) in [7, 11) is 8.34. The molecule has 53 heavy (non-hydrogen) atoms. The van der Waals surface area contributed by atoms with Gasteiger partial charge in [-0.1, -0.05) is 71.4 Å². The van der Waals surface area contributed by atoms with Crippen LogP contribution in [0.3, 0.4) is 0 Å². The number of primary amides is 1. The number of carbonyl (C=O) groups excluding carboxylic acids is 5. The third kappa shape index (κ3) is 12.2. The quantitative estimate of drug-likeness (QED) is 0.145. The minimum Gasteiger partial charge on any atom is -0.379 e. The highest BCUT2D eigenvalue weighted by atomic mass is 16.5. The zero-order valence-corrected chi connectivity index (χ0v) is 33.8. The predicted molar refractivity (Wildman–Crippen MR) is 205 cm³/mol. The van der Waals surface area contributed by atoms with Crippen molar-refractivity contribution in [3.63, 3.8) is 0 Å². The van der Waals surface area contributed by atoms with Gasteiger partial charge in [0.25, 0.3) is 0 Å². The number of ether oxygens (including phenoxy) is 2. The summed E-state index contributed by atoms with van der Waals surface area (Å²) in [6.45, 7) is 11.8. The average molecular weight is 746 g/mol. The molecule has 14 nitrogen and oxygen atoms in total. The van der Waals surface area contributed by atoms with Crippen molar-refractivity contribution < 1.29 is 33.4 Å². The van der Waals surface area contributed by atoms with Gasteiger partial charge in [-0.05, 0) is 51.3 Å². The van der Waals surface area contributed by atoms with E-state index in [9.17, 15) is 24.0 Å². The van der Waals surface area contributed by atoms with Crippen molar-refractivity contribution in [2.75, 3.05) is 41.9 Å². The highest BCUT2D eigenvalue weighted by Gasteiger charge is 2.43. The van der Waals surface area contributed by atoms with E-state index in [-0.39, 0.29) is 42.4 Å². The number of likely N-dealkylation sites (tertiary alicyclic amines) is 1. The van der Waals surface area contributed by atoms with Crippen LogP contribution in [0.15, 0.2) is 30.3 Å². The van der Waals surface area contributed by atoms with Gasteiger partial charge in [0.15, 0.2) is 0 Å². The Morgan fingerprint density at radius 3 is 2.06 bits per heavy atom. The van der Waals surface area contributed by atoms with E-state index >= 15 is 0 Å². The van der Waals surface area contributed by atoms with Crippen molar-refractivity contribution in [2.45, 2.75) is 122 Å². The molecule has 300 valence electrons. The van der Waals surface area contributed by atoms with Gasteiger partial charge in [-0.25, -0.2) is 0 Å². The number of likely N-dealkylation sites (N-methyl/N-ethyl adjacent to an activating group) is 2. The van der Waals surface area contributed by atoms with Crippen molar-refractivity contribution in [3.05, 3.63) is 35.9 Å². The third-order valence-electron chi connectivity index (χ3n) is 10.7. The number of nitrogens with one attached hydrogen (secondary N) is 2. The van der Waals surface area contributed by atoms with Crippen LogP contribution < -0.4 is 22.1 Å². The second-order valence-electron chi connectivity index (χ2n) is 15.2. The molecule has 2 rings (SSSR count). The van der Waals surface area contributed by atoms with E-state index in [1.807, 2.05) is 77.0 Å². The van der Waals surface area contributed by atoms with E-state index in [1.165, 1.54) is 14.2 Å². The number of benzene rings is 1. The van der Waals surface area contributed by atoms with Gasteiger partial charge in [0, 0.05) is 40.3 Å². The minimum absolute atomic E-state index is 0.000467. The van der Waals surface area contributed by atoms with Crippen molar-refractivity contribution >= 4 is 29.5 Å². The van der Waals surface area contributed by atoms with Crippen molar-refractivity contribution in [2.24, 2.45) is 29.2 Å². The van der Waals surface area contributed by atoms with Gasteiger partial charge in [0.05, 0.1) is 42.7 Å². The van der Waals surface area contributed by atoms with Gasteiger partial charge in [-0.3, -0.25) is 28.9 Å². The van der Waals surface area contributed by atoms with Gasteiger partial charge >= 0.3 is 0 Å². The average Bonchev–Trinajstić information content (AvgIpc) is 3.59. The SMILES string of the molecule is CC[C@H](C)[C@@H]([C@@H](CC(=O)N1CCCC1[C@H](OC)[C@@H](C)C(=O)NC(Cc1ccccc1)C(N)=O)OC)N(C)C(=O)[C@@H](NC(=O)C(C(C)C)N(C)C)[C@H](C)N. The normalized spacial score (nSPS) is 19.7. The number of amides is 5. The Morgan fingerprint density at radius 1 is 0.943 bits per heavy atom. The number of nitrogens with zero attached hydrogens (tertiary/aromatic N) is 3. The lowest BCUT2D eigenvalue weighted by Crippen LogP contribution is -2.62. The molecule has 5 amide bonds. The fraction of sp³-hybridized carbons (Fsp3) is 0.718. The molecule has 0 aromatic heterocycles. The maximum Gasteiger partial charge on any atom is 0.246 e. The minimum atomic E-state index is -0.992. The number of rotatable bonds is 21. The molecule has 0 aliphatic carbocycles.